The molecule has 2 rings (SSSR count). The van der Waals surface area contributed by atoms with Crippen LogP contribution in [0, 0.1) is 0 Å². The average molecular weight is 227 g/mol. The van der Waals surface area contributed by atoms with Gasteiger partial charge in [0.25, 0.3) is 0 Å². The van der Waals surface area contributed by atoms with Gasteiger partial charge < -0.3 is 10.2 Å². The zero-order valence-corrected chi connectivity index (χ0v) is 10.00. The Balaban J connectivity index is 1.82. The lowest BCUT2D eigenvalue weighted by Gasteiger charge is -2.37. The molecular weight excluding hydrogens is 210 g/mol. The topological polar surface area (TPSA) is 44.3 Å². The second kappa shape index (κ2) is 4.87. The van der Waals surface area contributed by atoms with Crippen LogP contribution in [0.4, 0.5) is 5.13 Å². The van der Waals surface area contributed by atoms with Crippen LogP contribution in [-0.4, -0.2) is 66.3 Å². The Hall–Kier alpha value is -0.720. The number of hydrogen-bond acceptors (Lipinski definition) is 6. The summed E-state index contributed by atoms with van der Waals surface area (Å²) in [5.74, 6) is 0. The normalized spacial score (nSPS) is 24.3. The minimum atomic E-state index is 0.563. The molecule has 0 amide bonds. The van der Waals surface area contributed by atoms with E-state index in [9.17, 15) is 0 Å². The van der Waals surface area contributed by atoms with E-state index in [2.05, 4.69) is 39.4 Å². The van der Waals surface area contributed by atoms with Crippen molar-refractivity contribution in [3.8, 4) is 0 Å². The summed E-state index contributed by atoms with van der Waals surface area (Å²) in [5.41, 5.74) is 1.75. The summed E-state index contributed by atoms with van der Waals surface area (Å²) in [6.07, 6.45) is 0. The molecule has 0 spiro atoms. The molecule has 1 aliphatic heterocycles. The van der Waals surface area contributed by atoms with Crippen molar-refractivity contribution in [2.24, 2.45) is 0 Å². The molecule has 0 saturated carbocycles. The van der Waals surface area contributed by atoms with Crippen molar-refractivity contribution in [2.45, 2.75) is 6.04 Å². The molecule has 6 heteroatoms. The van der Waals surface area contributed by atoms with Crippen LogP contribution in [0.1, 0.15) is 0 Å². The van der Waals surface area contributed by atoms with E-state index in [1.54, 1.807) is 16.8 Å². The fourth-order valence-electron chi connectivity index (χ4n) is 1.78. The van der Waals surface area contributed by atoms with Gasteiger partial charge in [0.15, 0.2) is 0 Å². The van der Waals surface area contributed by atoms with Crippen LogP contribution in [0.25, 0.3) is 0 Å². The Morgan fingerprint density at radius 2 is 2.40 bits per heavy atom. The average Bonchev–Trinajstić information content (AvgIpc) is 2.72. The van der Waals surface area contributed by atoms with Crippen molar-refractivity contribution in [1.29, 1.82) is 0 Å². The minimum absolute atomic E-state index is 0.563. The molecule has 15 heavy (non-hydrogen) atoms. The van der Waals surface area contributed by atoms with Gasteiger partial charge in [-0.15, -0.1) is 10.2 Å². The highest BCUT2D eigenvalue weighted by Gasteiger charge is 2.21. The van der Waals surface area contributed by atoms with Crippen LogP contribution in [0.5, 0.6) is 0 Å². The van der Waals surface area contributed by atoms with Gasteiger partial charge in [0.05, 0.1) is 0 Å². The minimum Gasteiger partial charge on any atom is -0.358 e. The highest BCUT2D eigenvalue weighted by Crippen LogP contribution is 2.10. The van der Waals surface area contributed by atoms with Crippen molar-refractivity contribution in [3.05, 3.63) is 5.51 Å². The first-order valence-corrected chi connectivity index (χ1v) is 6.02. The molecule has 2 heterocycles. The number of nitrogens with one attached hydrogen (secondary N) is 1. The van der Waals surface area contributed by atoms with Crippen LogP contribution in [0.15, 0.2) is 5.51 Å². The number of likely N-dealkylation sites (N-methyl/N-ethyl adjacent to an activating group) is 2. The number of hydrogen-bond donors (Lipinski definition) is 1. The van der Waals surface area contributed by atoms with Crippen molar-refractivity contribution in [2.75, 3.05) is 45.6 Å². The molecule has 0 bridgehead atoms. The van der Waals surface area contributed by atoms with E-state index in [0.717, 1.165) is 31.3 Å². The number of nitrogens with zero attached hydrogens (tertiary/aromatic N) is 4. The molecule has 1 fully saturated rings. The summed E-state index contributed by atoms with van der Waals surface area (Å²) in [4.78, 5) is 4.76. The van der Waals surface area contributed by atoms with Gasteiger partial charge in [0.1, 0.15) is 5.51 Å². The lowest BCUT2D eigenvalue weighted by molar-refractivity contribution is 0.122. The molecule has 1 unspecified atom stereocenters. The fraction of sp³-hybridized carbons (Fsp3) is 0.778. The van der Waals surface area contributed by atoms with Crippen LogP contribution < -0.4 is 5.32 Å². The second-order valence-corrected chi connectivity index (χ2v) is 4.85. The van der Waals surface area contributed by atoms with E-state index >= 15 is 0 Å². The molecule has 0 aromatic carbocycles. The summed E-state index contributed by atoms with van der Waals surface area (Å²) in [6.45, 7) is 4.35. The monoisotopic (exact) mass is 227 g/mol. The summed E-state index contributed by atoms with van der Waals surface area (Å²) in [6, 6.07) is 0.563. The largest absolute Gasteiger partial charge is 0.358 e. The van der Waals surface area contributed by atoms with Crippen molar-refractivity contribution in [1.82, 2.24) is 20.0 Å². The Morgan fingerprint density at radius 1 is 1.53 bits per heavy atom. The fourth-order valence-corrected chi connectivity index (χ4v) is 2.23. The number of anilines is 1. The molecule has 1 atom stereocenters. The van der Waals surface area contributed by atoms with Gasteiger partial charge in [-0.2, -0.15) is 0 Å². The van der Waals surface area contributed by atoms with E-state index in [-0.39, 0.29) is 0 Å². The molecule has 0 radical (unpaired) electrons. The Bertz CT molecular complexity index is 289. The van der Waals surface area contributed by atoms with Gasteiger partial charge in [-0.05, 0) is 14.1 Å². The molecule has 0 aliphatic carbocycles. The van der Waals surface area contributed by atoms with Crippen LogP contribution in [0.2, 0.25) is 0 Å². The number of aromatic nitrogens is 2. The first-order chi connectivity index (χ1) is 7.25. The van der Waals surface area contributed by atoms with Gasteiger partial charge >= 0.3 is 0 Å². The van der Waals surface area contributed by atoms with E-state index in [1.165, 1.54) is 0 Å². The van der Waals surface area contributed by atoms with Gasteiger partial charge in [-0.3, -0.25) is 4.90 Å². The Kier molecular flexibility index (Phi) is 3.50. The lowest BCUT2D eigenvalue weighted by Crippen LogP contribution is -2.52. The third-order valence-electron chi connectivity index (χ3n) is 2.83. The number of piperazine rings is 1. The zero-order valence-electron chi connectivity index (χ0n) is 9.18. The van der Waals surface area contributed by atoms with E-state index in [1.807, 2.05) is 0 Å². The predicted molar refractivity (Wildman–Crippen MR) is 62.3 cm³/mol. The van der Waals surface area contributed by atoms with Gasteiger partial charge in [0.2, 0.25) is 5.13 Å². The molecular formula is C9H17N5S. The standard InChI is InChI=1S/C9H17N5S/c1-13-3-4-14(2)8(6-13)5-10-9-12-11-7-15-9/h7-8H,3-6H2,1-2H3,(H,10,12). The lowest BCUT2D eigenvalue weighted by atomic mass is 10.2. The summed E-state index contributed by atoms with van der Waals surface area (Å²) in [7, 11) is 4.35. The van der Waals surface area contributed by atoms with Crippen molar-refractivity contribution < 1.29 is 0 Å². The third-order valence-corrected chi connectivity index (χ3v) is 3.48. The predicted octanol–water partition coefficient (Wildman–Crippen LogP) is 0.196. The van der Waals surface area contributed by atoms with Crippen molar-refractivity contribution >= 4 is 16.5 Å². The molecule has 5 nitrogen and oxygen atoms in total. The second-order valence-electron chi connectivity index (χ2n) is 4.02. The highest BCUT2D eigenvalue weighted by atomic mass is 32.1. The Morgan fingerprint density at radius 3 is 3.13 bits per heavy atom. The van der Waals surface area contributed by atoms with E-state index < -0.39 is 0 Å². The molecule has 1 aliphatic rings. The van der Waals surface area contributed by atoms with Gasteiger partial charge in [-0.1, -0.05) is 11.3 Å². The van der Waals surface area contributed by atoms with Gasteiger partial charge in [-0.25, -0.2) is 0 Å². The SMILES string of the molecule is CN1CCN(C)C(CNc2nncs2)C1. The van der Waals surface area contributed by atoms with Crippen LogP contribution >= 0.6 is 11.3 Å². The van der Waals surface area contributed by atoms with Gasteiger partial charge in [0, 0.05) is 32.2 Å². The maximum absolute atomic E-state index is 3.97. The number of rotatable bonds is 3. The smallest absolute Gasteiger partial charge is 0.205 e. The molecule has 1 aromatic rings. The van der Waals surface area contributed by atoms with Crippen molar-refractivity contribution in [3.63, 3.8) is 0 Å². The molecule has 1 N–H and O–H groups in total. The van der Waals surface area contributed by atoms with E-state index in [4.69, 9.17) is 0 Å². The zero-order chi connectivity index (χ0) is 10.7. The first-order valence-electron chi connectivity index (χ1n) is 5.14. The molecule has 1 aromatic heterocycles. The van der Waals surface area contributed by atoms with Crippen LogP contribution in [0.3, 0.4) is 0 Å². The summed E-state index contributed by atoms with van der Waals surface area (Å²) < 4.78 is 0. The molecule has 1 saturated heterocycles. The maximum Gasteiger partial charge on any atom is 0.205 e. The first kappa shape index (κ1) is 10.8. The third kappa shape index (κ3) is 2.87. The highest BCUT2D eigenvalue weighted by molar-refractivity contribution is 7.13. The maximum atomic E-state index is 3.97. The summed E-state index contributed by atoms with van der Waals surface area (Å²) >= 11 is 1.55. The Labute approximate surface area is 94.1 Å². The molecule has 84 valence electrons. The van der Waals surface area contributed by atoms with Crippen LogP contribution in [-0.2, 0) is 0 Å². The quantitative estimate of drug-likeness (QED) is 0.799. The van der Waals surface area contributed by atoms with E-state index in [0.29, 0.717) is 6.04 Å². The summed E-state index contributed by atoms with van der Waals surface area (Å²) in [5, 5.41) is 12.0.